The Morgan fingerprint density at radius 3 is 2.41 bits per heavy atom. The van der Waals surface area contributed by atoms with Gasteiger partial charge in [-0.15, -0.1) is 0 Å². The monoisotopic (exact) mass is 291 g/mol. The van der Waals surface area contributed by atoms with Crippen LogP contribution >= 0.6 is 0 Å². The number of aromatic nitrogens is 2. The van der Waals surface area contributed by atoms with Gasteiger partial charge in [-0.2, -0.15) is 0 Å². The van der Waals surface area contributed by atoms with Crippen LogP contribution in [0.3, 0.4) is 0 Å². The van der Waals surface area contributed by atoms with Crippen LogP contribution in [0.4, 0.5) is 0 Å². The fraction of sp³-hybridized carbons (Fsp3) is 0.111. The van der Waals surface area contributed by atoms with Crippen molar-refractivity contribution in [2.75, 3.05) is 0 Å². The molecule has 1 aromatic carbocycles. The van der Waals surface area contributed by atoms with Crippen molar-refractivity contribution in [1.82, 2.24) is 14.9 Å². The molecule has 0 saturated heterocycles. The number of rotatable bonds is 4. The van der Waals surface area contributed by atoms with Gasteiger partial charge in [0, 0.05) is 24.3 Å². The summed E-state index contributed by atoms with van der Waals surface area (Å²) in [5.41, 5.74) is 2.58. The number of hydrogen-bond donors (Lipinski definition) is 1. The van der Waals surface area contributed by atoms with E-state index in [9.17, 15) is 4.79 Å². The summed E-state index contributed by atoms with van der Waals surface area (Å²) in [4.78, 5) is 16.2. The molecular weight excluding hydrogens is 274 g/mol. The average Bonchev–Trinajstić information content (AvgIpc) is 3.10. The molecule has 0 bridgehead atoms. The van der Waals surface area contributed by atoms with Crippen LogP contribution in [0.25, 0.3) is 5.69 Å². The minimum atomic E-state index is -0.164. The van der Waals surface area contributed by atoms with Crippen LogP contribution in [0.15, 0.2) is 73.2 Å². The second kappa shape index (κ2) is 6.26. The molecule has 0 saturated carbocycles. The molecule has 0 aliphatic heterocycles. The van der Waals surface area contributed by atoms with Gasteiger partial charge in [0.2, 0.25) is 0 Å². The standard InChI is InChI=1S/C18H17N3O/c1-14(20-18(22)17-6-2-3-11-19-17)15-7-9-16(10-8-15)21-12-4-5-13-21/h2-14H,1H3,(H,20,22). The Kier molecular flexibility index (Phi) is 4.01. The van der Waals surface area contributed by atoms with Crippen molar-refractivity contribution in [3.8, 4) is 5.69 Å². The third-order valence-electron chi connectivity index (χ3n) is 3.54. The van der Waals surface area contributed by atoms with Crippen molar-refractivity contribution in [2.45, 2.75) is 13.0 Å². The molecule has 2 heterocycles. The maximum Gasteiger partial charge on any atom is 0.270 e. The summed E-state index contributed by atoms with van der Waals surface area (Å²) >= 11 is 0. The number of nitrogens with one attached hydrogen (secondary N) is 1. The lowest BCUT2D eigenvalue weighted by atomic mass is 10.1. The highest BCUT2D eigenvalue weighted by Gasteiger charge is 2.12. The van der Waals surface area contributed by atoms with Gasteiger partial charge in [0.05, 0.1) is 6.04 Å². The second-order valence-electron chi connectivity index (χ2n) is 5.09. The minimum absolute atomic E-state index is 0.0757. The number of carbonyl (C=O) groups is 1. The van der Waals surface area contributed by atoms with Crippen LogP contribution in [-0.4, -0.2) is 15.5 Å². The third kappa shape index (κ3) is 3.06. The first kappa shape index (κ1) is 14.1. The van der Waals surface area contributed by atoms with Gasteiger partial charge in [-0.05, 0) is 48.9 Å². The molecule has 0 spiro atoms. The van der Waals surface area contributed by atoms with E-state index in [-0.39, 0.29) is 11.9 Å². The molecule has 1 amide bonds. The van der Waals surface area contributed by atoms with Crippen molar-refractivity contribution in [1.29, 1.82) is 0 Å². The number of pyridine rings is 1. The normalized spacial score (nSPS) is 11.9. The van der Waals surface area contributed by atoms with Gasteiger partial charge in [0.25, 0.3) is 5.91 Å². The Balaban J connectivity index is 1.70. The van der Waals surface area contributed by atoms with Crippen LogP contribution in [0.2, 0.25) is 0 Å². The predicted molar refractivity (Wildman–Crippen MR) is 85.9 cm³/mol. The zero-order valence-corrected chi connectivity index (χ0v) is 12.3. The van der Waals surface area contributed by atoms with Gasteiger partial charge >= 0.3 is 0 Å². The van der Waals surface area contributed by atoms with Gasteiger partial charge in [-0.25, -0.2) is 0 Å². The number of hydrogen-bond acceptors (Lipinski definition) is 2. The van der Waals surface area contributed by atoms with Crippen molar-refractivity contribution >= 4 is 5.91 Å². The van der Waals surface area contributed by atoms with Crippen LogP contribution in [0.1, 0.15) is 29.0 Å². The Labute approximate surface area is 129 Å². The molecule has 0 radical (unpaired) electrons. The highest BCUT2D eigenvalue weighted by molar-refractivity contribution is 5.92. The highest BCUT2D eigenvalue weighted by Crippen LogP contribution is 2.16. The molecule has 4 nitrogen and oxygen atoms in total. The summed E-state index contributed by atoms with van der Waals surface area (Å²) in [6, 6.07) is 17.3. The van der Waals surface area contributed by atoms with Gasteiger partial charge in [0.15, 0.2) is 0 Å². The first-order valence-electron chi connectivity index (χ1n) is 7.19. The van der Waals surface area contributed by atoms with E-state index in [4.69, 9.17) is 0 Å². The Morgan fingerprint density at radius 2 is 1.77 bits per heavy atom. The smallest absolute Gasteiger partial charge is 0.270 e. The average molecular weight is 291 g/mol. The first-order chi connectivity index (χ1) is 10.7. The van der Waals surface area contributed by atoms with Gasteiger partial charge in [-0.1, -0.05) is 18.2 Å². The topological polar surface area (TPSA) is 46.9 Å². The molecule has 0 aliphatic rings. The van der Waals surface area contributed by atoms with Crippen molar-refractivity contribution < 1.29 is 4.79 Å². The molecule has 0 aliphatic carbocycles. The van der Waals surface area contributed by atoms with E-state index < -0.39 is 0 Å². The number of benzene rings is 1. The van der Waals surface area contributed by atoms with Crippen molar-refractivity contribution in [2.24, 2.45) is 0 Å². The summed E-state index contributed by atoms with van der Waals surface area (Å²) in [7, 11) is 0. The lowest BCUT2D eigenvalue weighted by molar-refractivity contribution is 0.0935. The maximum absolute atomic E-state index is 12.1. The fourth-order valence-corrected chi connectivity index (χ4v) is 2.29. The summed E-state index contributed by atoms with van der Waals surface area (Å²) in [5.74, 6) is -0.164. The van der Waals surface area contributed by atoms with Gasteiger partial charge in [0.1, 0.15) is 5.69 Å². The summed E-state index contributed by atoms with van der Waals surface area (Å²) in [6.45, 7) is 1.96. The highest BCUT2D eigenvalue weighted by atomic mass is 16.1. The Bertz CT molecular complexity index is 734. The molecule has 1 atom stereocenters. The number of carbonyl (C=O) groups excluding carboxylic acids is 1. The van der Waals surface area contributed by atoms with Gasteiger partial charge in [-0.3, -0.25) is 9.78 Å². The third-order valence-corrected chi connectivity index (χ3v) is 3.54. The molecule has 0 fully saturated rings. The molecule has 4 heteroatoms. The summed E-state index contributed by atoms with van der Waals surface area (Å²) in [6.07, 6.45) is 5.62. The summed E-state index contributed by atoms with van der Waals surface area (Å²) < 4.78 is 2.04. The lowest BCUT2D eigenvalue weighted by Gasteiger charge is -2.14. The quantitative estimate of drug-likeness (QED) is 0.801. The molecule has 3 rings (SSSR count). The minimum Gasteiger partial charge on any atom is -0.344 e. The van der Waals surface area contributed by atoms with E-state index in [0.717, 1.165) is 11.3 Å². The Morgan fingerprint density at radius 1 is 1.05 bits per heavy atom. The van der Waals surface area contributed by atoms with Crippen molar-refractivity contribution in [3.05, 3.63) is 84.4 Å². The molecule has 22 heavy (non-hydrogen) atoms. The summed E-state index contributed by atoms with van der Waals surface area (Å²) in [5, 5.41) is 2.96. The largest absolute Gasteiger partial charge is 0.344 e. The van der Waals surface area contributed by atoms with Crippen LogP contribution in [0, 0.1) is 0 Å². The van der Waals surface area contributed by atoms with E-state index in [2.05, 4.69) is 10.3 Å². The van der Waals surface area contributed by atoms with E-state index in [1.54, 1.807) is 24.4 Å². The van der Waals surface area contributed by atoms with E-state index in [1.807, 2.05) is 60.3 Å². The van der Waals surface area contributed by atoms with Crippen LogP contribution in [-0.2, 0) is 0 Å². The molecular formula is C18H17N3O. The second-order valence-corrected chi connectivity index (χ2v) is 5.09. The van der Waals surface area contributed by atoms with E-state index >= 15 is 0 Å². The zero-order valence-electron chi connectivity index (χ0n) is 12.3. The molecule has 110 valence electrons. The van der Waals surface area contributed by atoms with E-state index in [1.165, 1.54) is 0 Å². The van der Waals surface area contributed by atoms with Crippen LogP contribution < -0.4 is 5.32 Å². The molecule has 2 aromatic heterocycles. The van der Waals surface area contributed by atoms with Crippen molar-refractivity contribution in [3.63, 3.8) is 0 Å². The number of amides is 1. The molecule has 1 unspecified atom stereocenters. The van der Waals surface area contributed by atoms with Crippen LogP contribution in [0.5, 0.6) is 0 Å². The fourth-order valence-electron chi connectivity index (χ4n) is 2.29. The first-order valence-corrected chi connectivity index (χ1v) is 7.19. The molecule has 3 aromatic rings. The Hall–Kier alpha value is -2.88. The predicted octanol–water partition coefficient (Wildman–Crippen LogP) is 3.36. The lowest BCUT2D eigenvalue weighted by Crippen LogP contribution is -2.27. The maximum atomic E-state index is 12.1. The number of nitrogens with zero attached hydrogens (tertiary/aromatic N) is 2. The molecule has 1 N–H and O–H groups in total. The SMILES string of the molecule is CC(NC(=O)c1ccccn1)c1ccc(-n2cccc2)cc1. The zero-order chi connectivity index (χ0) is 15.4. The van der Waals surface area contributed by atoms with E-state index in [0.29, 0.717) is 5.69 Å². The van der Waals surface area contributed by atoms with Gasteiger partial charge < -0.3 is 9.88 Å².